The molecule has 2 amide bonds. The first-order valence-electron chi connectivity index (χ1n) is 7.19. The van der Waals surface area contributed by atoms with Gasteiger partial charge in [-0.05, 0) is 30.2 Å². The third kappa shape index (κ3) is 4.96. The number of rotatable bonds is 5. The molecule has 5 nitrogen and oxygen atoms in total. The van der Waals surface area contributed by atoms with Gasteiger partial charge in [0.05, 0.1) is 6.10 Å². The van der Waals surface area contributed by atoms with E-state index in [1.165, 1.54) is 12.1 Å². The summed E-state index contributed by atoms with van der Waals surface area (Å²) in [6.07, 6.45) is -0.799. The molecule has 0 saturated carbocycles. The SMILES string of the molecule is Cc1ccc(C(O)CNC(=O)NCc2ccc(O)c(F)c2)cc1. The highest BCUT2D eigenvalue weighted by Crippen LogP contribution is 2.16. The molecule has 0 bridgehead atoms. The van der Waals surface area contributed by atoms with Gasteiger partial charge in [0.2, 0.25) is 0 Å². The van der Waals surface area contributed by atoms with E-state index in [0.717, 1.165) is 17.2 Å². The number of urea groups is 1. The number of nitrogens with one attached hydrogen (secondary N) is 2. The summed E-state index contributed by atoms with van der Waals surface area (Å²) in [5.41, 5.74) is 2.33. The monoisotopic (exact) mass is 318 g/mol. The minimum Gasteiger partial charge on any atom is -0.505 e. The van der Waals surface area contributed by atoms with Crippen LogP contribution in [0.4, 0.5) is 9.18 Å². The molecule has 6 heteroatoms. The number of carbonyl (C=O) groups excluding carboxylic acids is 1. The van der Waals surface area contributed by atoms with Crippen molar-refractivity contribution >= 4 is 6.03 Å². The molecule has 0 aliphatic carbocycles. The maximum absolute atomic E-state index is 13.2. The van der Waals surface area contributed by atoms with E-state index in [-0.39, 0.29) is 13.1 Å². The van der Waals surface area contributed by atoms with Gasteiger partial charge in [0.25, 0.3) is 0 Å². The second-order valence-electron chi connectivity index (χ2n) is 5.28. The number of aliphatic hydroxyl groups excluding tert-OH is 1. The van der Waals surface area contributed by atoms with E-state index in [1.54, 1.807) is 12.1 Å². The number of phenols is 1. The highest BCUT2D eigenvalue weighted by atomic mass is 19.1. The number of carbonyl (C=O) groups is 1. The Labute approximate surface area is 133 Å². The first kappa shape index (κ1) is 16.8. The Morgan fingerprint density at radius 1 is 1.17 bits per heavy atom. The van der Waals surface area contributed by atoms with E-state index in [9.17, 15) is 14.3 Å². The molecule has 0 spiro atoms. The molecule has 2 rings (SSSR count). The molecule has 4 N–H and O–H groups in total. The molecule has 0 aliphatic rings. The molecular formula is C17H19FN2O3. The van der Waals surface area contributed by atoms with Crippen LogP contribution in [-0.2, 0) is 6.54 Å². The first-order valence-corrected chi connectivity index (χ1v) is 7.19. The summed E-state index contributed by atoms with van der Waals surface area (Å²) in [6, 6.07) is 10.8. The Bertz CT molecular complexity index is 674. The van der Waals surface area contributed by atoms with Gasteiger partial charge in [-0.15, -0.1) is 0 Å². The Morgan fingerprint density at radius 3 is 2.52 bits per heavy atom. The first-order chi connectivity index (χ1) is 11.0. The van der Waals surface area contributed by atoms with Crippen LogP contribution in [0.2, 0.25) is 0 Å². The fourth-order valence-electron chi connectivity index (χ4n) is 2.00. The van der Waals surface area contributed by atoms with Gasteiger partial charge >= 0.3 is 6.03 Å². The molecule has 2 aromatic rings. The van der Waals surface area contributed by atoms with E-state index in [0.29, 0.717) is 5.56 Å². The Morgan fingerprint density at radius 2 is 1.87 bits per heavy atom. The van der Waals surface area contributed by atoms with E-state index < -0.39 is 23.7 Å². The summed E-state index contributed by atoms with van der Waals surface area (Å²) >= 11 is 0. The van der Waals surface area contributed by atoms with Crippen molar-refractivity contribution in [2.24, 2.45) is 0 Å². The highest BCUT2D eigenvalue weighted by Gasteiger charge is 2.09. The molecule has 0 heterocycles. The van der Waals surface area contributed by atoms with E-state index in [4.69, 9.17) is 5.11 Å². The quantitative estimate of drug-likeness (QED) is 0.683. The number of aromatic hydroxyl groups is 1. The zero-order valence-corrected chi connectivity index (χ0v) is 12.7. The van der Waals surface area contributed by atoms with Crippen molar-refractivity contribution in [3.63, 3.8) is 0 Å². The van der Waals surface area contributed by atoms with Crippen molar-refractivity contribution in [2.45, 2.75) is 19.6 Å². The topological polar surface area (TPSA) is 81.6 Å². The van der Waals surface area contributed by atoms with Crippen LogP contribution in [0.15, 0.2) is 42.5 Å². The number of benzene rings is 2. The maximum atomic E-state index is 13.2. The third-order valence-electron chi connectivity index (χ3n) is 3.38. The minimum absolute atomic E-state index is 0.0683. The summed E-state index contributed by atoms with van der Waals surface area (Å²) < 4.78 is 13.2. The zero-order chi connectivity index (χ0) is 16.8. The van der Waals surface area contributed by atoms with Crippen molar-refractivity contribution < 1.29 is 19.4 Å². The normalized spacial score (nSPS) is 11.8. The summed E-state index contributed by atoms with van der Waals surface area (Å²) in [6.45, 7) is 2.14. The van der Waals surface area contributed by atoms with Gasteiger partial charge in [-0.2, -0.15) is 0 Å². The van der Waals surface area contributed by atoms with Gasteiger partial charge in [0, 0.05) is 13.1 Å². The standard InChI is InChI=1S/C17H19FN2O3/c1-11-2-5-13(6-3-11)16(22)10-20-17(23)19-9-12-4-7-15(21)14(18)8-12/h2-8,16,21-22H,9-10H2,1H3,(H2,19,20,23). The van der Waals surface area contributed by atoms with Crippen molar-refractivity contribution in [1.29, 1.82) is 0 Å². The van der Waals surface area contributed by atoms with Crippen LogP contribution in [0.3, 0.4) is 0 Å². The lowest BCUT2D eigenvalue weighted by molar-refractivity contribution is 0.173. The minimum atomic E-state index is -0.799. The number of amides is 2. The second kappa shape index (κ2) is 7.60. The van der Waals surface area contributed by atoms with E-state index in [2.05, 4.69) is 10.6 Å². The van der Waals surface area contributed by atoms with Gasteiger partial charge in [0.15, 0.2) is 11.6 Å². The van der Waals surface area contributed by atoms with Crippen molar-refractivity contribution in [1.82, 2.24) is 10.6 Å². The lowest BCUT2D eigenvalue weighted by Crippen LogP contribution is -2.37. The van der Waals surface area contributed by atoms with Gasteiger partial charge in [-0.25, -0.2) is 9.18 Å². The highest BCUT2D eigenvalue weighted by molar-refractivity contribution is 5.73. The van der Waals surface area contributed by atoms with Crippen molar-refractivity contribution in [2.75, 3.05) is 6.54 Å². The Balaban J connectivity index is 1.78. The number of halogens is 1. The van der Waals surface area contributed by atoms with Crippen LogP contribution in [0.1, 0.15) is 22.8 Å². The molecule has 2 aromatic carbocycles. The van der Waals surface area contributed by atoms with Crippen LogP contribution in [-0.4, -0.2) is 22.8 Å². The molecular weight excluding hydrogens is 299 g/mol. The van der Waals surface area contributed by atoms with E-state index in [1.807, 2.05) is 19.1 Å². The number of hydrogen-bond acceptors (Lipinski definition) is 3. The third-order valence-corrected chi connectivity index (χ3v) is 3.38. The molecule has 0 fully saturated rings. The second-order valence-corrected chi connectivity index (χ2v) is 5.28. The average Bonchev–Trinajstić information content (AvgIpc) is 2.54. The predicted octanol–water partition coefficient (Wildman–Crippen LogP) is 2.37. The molecule has 1 atom stereocenters. The van der Waals surface area contributed by atoms with Crippen molar-refractivity contribution in [3.05, 3.63) is 65.0 Å². The molecule has 0 aromatic heterocycles. The summed E-state index contributed by atoms with van der Waals surface area (Å²) in [7, 11) is 0. The lowest BCUT2D eigenvalue weighted by Gasteiger charge is -2.13. The fraction of sp³-hybridized carbons (Fsp3) is 0.235. The summed E-state index contributed by atoms with van der Waals surface area (Å²) in [5.74, 6) is -1.17. The number of aryl methyl sites for hydroxylation is 1. The van der Waals surface area contributed by atoms with Gasteiger partial charge in [-0.1, -0.05) is 35.9 Å². The maximum Gasteiger partial charge on any atom is 0.315 e. The van der Waals surface area contributed by atoms with Gasteiger partial charge in [-0.3, -0.25) is 0 Å². The van der Waals surface area contributed by atoms with Crippen LogP contribution in [0.5, 0.6) is 5.75 Å². The molecule has 122 valence electrons. The largest absolute Gasteiger partial charge is 0.505 e. The Hall–Kier alpha value is -2.60. The van der Waals surface area contributed by atoms with Crippen molar-refractivity contribution in [3.8, 4) is 5.75 Å². The van der Waals surface area contributed by atoms with Gasteiger partial charge < -0.3 is 20.8 Å². The Kier molecular flexibility index (Phi) is 5.54. The van der Waals surface area contributed by atoms with Crippen LogP contribution >= 0.6 is 0 Å². The molecule has 0 radical (unpaired) electrons. The average molecular weight is 318 g/mol. The number of phenolic OH excluding ortho intramolecular Hbond substituents is 1. The van der Waals surface area contributed by atoms with Gasteiger partial charge in [0.1, 0.15) is 0 Å². The number of hydrogen-bond donors (Lipinski definition) is 4. The smallest absolute Gasteiger partial charge is 0.315 e. The summed E-state index contributed by atoms with van der Waals surface area (Å²) in [5, 5.41) is 24.2. The lowest BCUT2D eigenvalue weighted by atomic mass is 10.1. The zero-order valence-electron chi connectivity index (χ0n) is 12.7. The predicted molar refractivity (Wildman–Crippen MR) is 84.4 cm³/mol. The molecule has 23 heavy (non-hydrogen) atoms. The molecule has 1 unspecified atom stereocenters. The molecule has 0 saturated heterocycles. The fourth-order valence-corrected chi connectivity index (χ4v) is 2.00. The summed E-state index contributed by atoms with van der Waals surface area (Å²) in [4.78, 5) is 11.7. The van der Waals surface area contributed by atoms with Crippen LogP contribution in [0, 0.1) is 12.7 Å². The van der Waals surface area contributed by atoms with E-state index >= 15 is 0 Å². The van der Waals surface area contributed by atoms with Crippen LogP contribution < -0.4 is 10.6 Å². The molecule has 0 aliphatic heterocycles. The number of aliphatic hydroxyl groups is 1. The van der Waals surface area contributed by atoms with Crippen LogP contribution in [0.25, 0.3) is 0 Å².